The molecular weight excluding hydrogens is 410 g/mol. The highest BCUT2D eigenvalue weighted by atomic mass is 16.4. The first-order chi connectivity index (χ1) is 14.7. The number of urea groups is 1. The number of unbranched alkanes of at least 4 members (excludes halogenated alkanes) is 5. The molecule has 0 aliphatic rings. The molecule has 0 saturated heterocycles. The highest BCUT2D eigenvalue weighted by Gasteiger charge is 2.24. The van der Waals surface area contributed by atoms with Gasteiger partial charge in [0.2, 0.25) is 5.91 Å². The summed E-state index contributed by atoms with van der Waals surface area (Å²) in [6, 6.07) is -3.67. The summed E-state index contributed by atoms with van der Waals surface area (Å²) in [5.41, 5.74) is 0. The Morgan fingerprint density at radius 2 is 1.29 bits per heavy atom. The Kier molecular flexibility index (Phi) is 15.3. The second kappa shape index (κ2) is 16.9. The number of hydrogen-bond acceptors (Lipinski definition) is 5. The summed E-state index contributed by atoms with van der Waals surface area (Å²) < 4.78 is 0. The normalized spacial score (nSPS) is 12.4. The first kappa shape index (κ1) is 28.1. The number of carbonyl (C=O) groups excluding carboxylic acids is 2. The molecular formula is C20H35N3O8. The maximum absolute atomic E-state index is 11.9. The van der Waals surface area contributed by atoms with Gasteiger partial charge in [-0.15, -0.1) is 0 Å². The zero-order valence-electron chi connectivity index (χ0n) is 18.0. The molecule has 11 heteroatoms. The van der Waals surface area contributed by atoms with E-state index in [0.717, 1.165) is 32.1 Å². The second-order valence-electron chi connectivity index (χ2n) is 7.34. The molecule has 11 nitrogen and oxygen atoms in total. The van der Waals surface area contributed by atoms with Crippen molar-refractivity contribution >= 4 is 29.8 Å². The first-order valence-electron chi connectivity index (χ1n) is 10.7. The van der Waals surface area contributed by atoms with Crippen molar-refractivity contribution in [1.29, 1.82) is 0 Å². The van der Waals surface area contributed by atoms with Gasteiger partial charge in [0.15, 0.2) is 0 Å². The van der Waals surface area contributed by atoms with Crippen LogP contribution in [-0.4, -0.2) is 63.8 Å². The molecule has 0 heterocycles. The monoisotopic (exact) mass is 445 g/mol. The lowest BCUT2D eigenvalue weighted by atomic mass is 10.1. The third-order valence-corrected chi connectivity index (χ3v) is 4.60. The molecule has 178 valence electrons. The lowest BCUT2D eigenvalue weighted by Crippen LogP contribution is -2.51. The van der Waals surface area contributed by atoms with Crippen LogP contribution < -0.4 is 16.0 Å². The fourth-order valence-corrected chi connectivity index (χ4v) is 2.82. The molecule has 2 atom stereocenters. The van der Waals surface area contributed by atoms with Gasteiger partial charge in [0, 0.05) is 19.4 Å². The van der Waals surface area contributed by atoms with E-state index < -0.39 is 42.4 Å². The van der Waals surface area contributed by atoms with Crippen molar-refractivity contribution in [2.75, 3.05) is 6.54 Å². The van der Waals surface area contributed by atoms with Gasteiger partial charge in [0.05, 0.1) is 0 Å². The van der Waals surface area contributed by atoms with Crippen molar-refractivity contribution in [3.63, 3.8) is 0 Å². The number of rotatable bonds is 18. The summed E-state index contributed by atoms with van der Waals surface area (Å²) in [6.45, 7) is 2.53. The summed E-state index contributed by atoms with van der Waals surface area (Å²) >= 11 is 0. The fourth-order valence-electron chi connectivity index (χ4n) is 2.82. The zero-order chi connectivity index (χ0) is 23.6. The van der Waals surface area contributed by atoms with Gasteiger partial charge in [-0.3, -0.25) is 9.59 Å². The Morgan fingerprint density at radius 1 is 0.710 bits per heavy atom. The number of carboxylic acids is 3. The molecule has 0 spiro atoms. The lowest BCUT2D eigenvalue weighted by Gasteiger charge is -2.18. The maximum atomic E-state index is 11.9. The molecule has 0 unspecified atom stereocenters. The van der Waals surface area contributed by atoms with E-state index >= 15 is 0 Å². The van der Waals surface area contributed by atoms with Crippen molar-refractivity contribution < 1.29 is 39.3 Å². The van der Waals surface area contributed by atoms with Crippen molar-refractivity contribution in [2.45, 2.75) is 89.6 Å². The molecule has 0 radical (unpaired) electrons. The quantitative estimate of drug-likeness (QED) is 0.172. The van der Waals surface area contributed by atoms with E-state index in [1.54, 1.807) is 0 Å². The van der Waals surface area contributed by atoms with Crippen LogP contribution in [-0.2, 0) is 19.2 Å². The number of carboxylic acid groups (broad SMARTS) is 3. The average molecular weight is 446 g/mol. The van der Waals surface area contributed by atoms with Crippen molar-refractivity contribution in [2.24, 2.45) is 0 Å². The van der Waals surface area contributed by atoms with E-state index in [2.05, 4.69) is 22.9 Å². The van der Waals surface area contributed by atoms with Crippen LogP contribution in [0.5, 0.6) is 0 Å². The predicted molar refractivity (Wildman–Crippen MR) is 112 cm³/mol. The van der Waals surface area contributed by atoms with Crippen LogP contribution in [0.15, 0.2) is 0 Å². The van der Waals surface area contributed by atoms with Crippen LogP contribution in [0.4, 0.5) is 4.79 Å². The summed E-state index contributed by atoms with van der Waals surface area (Å²) in [4.78, 5) is 56.6. The summed E-state index contributed by atoms with van der Waals surface area (Å²) in [6.07, 6.45) is 6.04. The molecule has 0 aliphatic heterocycles. The smallest absolute Gasteiger partial charge is 0.326 e. The van der Waals surface area contributed by atoms with Crippen LogP contribution in [0.1, 0.15) is 77.6 Å². The van der Waals surface area contributed by atoms with Crippen LogP contribution in [0.3, 0.4) is 0 Å². The summed E-state index contributed by atoms with van der Waals surface area (Å²) in [7, 11) is 0. The van der Waals surface area contributed by atoms with Gasteiger partial charge in [-0.1, -0.05) is 32.6 Å². The van der Waals surface area contributed by atoms with Crippen molar-refractivity contribution in [3.05, 3.63) is 0 Å². The molecule has 0 aromatic heterocycles. The highest BCUT2D eigenvalue weighted by Crippen LogP contribution is 2.05. The van der Waals surface area contributed by atoms with E-state index in [1.165, 1.54) is 0 Å². The molecule has 0 aromatic carbocycles. The summed E-state index contributed by atoms with van der Waals surface area (Å²) in [5.74, 6) is -3.93. The van der Waals surface area contributed by atoms with Gasteiger partial charge in [0.25, 0.3) is 0 Å². The fraction of sp³-hybridized carbons (Fsp3) is 0.750. The Morgan fingerprint density at radius 3 is 1.84 bits per heavy atom. The topological polar surface area (TPSA) is 182 Å². The average Bonchev–Trinajstić information content (AvgIpc) is 2.69. The van der Waals surface area contributed by atoms with Gasteiger partial charge >= 0.3 is 23.9 Å². The third-order valence-electron chi connectivity index (χ3n) is 4.60. The minimum Gasteiger partial charge on any atom is -0.481 e. The molecule has 3 amide bonds. The van der Waals surface area contributed by atoms with E-state index in [-0.39, 0.29) is 18.7 Å². The molecule has 6 N–H and O–H groups in total. The number of hydrogen-bond donors (Lipinski definition) is 6. The highest BCUT2D eigenvalue weighted by molar-refractivity contribution is 5.86. The van der Waals surface area contributed by atoms with E-state index in [9.17, 15) is 29.1 Å². The van der Waals surface area contributed by atoms with Crippen LogP contribution in [0.25, 0.3) is 0 Å². The molecule has 0 bridgehead atoms. The molecule has 0 aliphatic carbocycles. The Labute approximate surface area is 182 Å². The summed E-state index contributed by atoms with van der Waals surface area (Å²) in [5, 5.41) is 33.9. The minimum atomic E-state index is -1.44. The van der Waals surface area contributed by atoms with Crippen LogP contribution in [0, 0.1) is 0 Å². The molecule has 0 saturated carbocycles. The van der Waals surface area contributed by atoms with Gasteiger partial charge in [-0.2, -0.15) is 0 Å². The van der Waals surface area contributed by atoms with E-state index in [1.807, 2.05) is 0 Å². The SMILES string of the molecule is CCCCCCCC(=O)NCCCC[C@H](NC(=O)N[C@@H](CCC(=O)O)C(=O)O)C(=O)O. The van der Waals surface area contributed by atoms with Gasteiger partial charge in [-0.25, -0.2) is 14.4 Å². The van der Waals surface area contributed by atoms with Crippen LogP contribution >= 0.6 is 0 Å². The standard InChI is InChI=1S/C20H35N3O8/c1-2-3-4-5-6-10-16(24)21-13-8-7-9-14(18(27)28)22-20(31)23-15(19(29)30)11-12-17(25)26/h14-15H,2-13H2,1H3,(H,21,24)(H,25,26)(H,27,28)(H,29,30)(H2,22,23,31)/t14-,15-/m0/s1. The largest absolute Gasteiger partial charge is 0.481 e. The minimum absolute atomic E-state index is 0.0372. The molecule has 0 fully saturated rings. The van der Waals surface area contributed by atoms with Crippen molar-refractivity contribution in [3.8, 4) is 0 Å². The van der Waals surface area contributed by atoms with Gasteiger partial charge in [0.1, 0.15) is 12.1 Å². The Balaban J connectivity index is 4.19. The van der Waals surface area contributed by atoms with E-state index in [4.69, 9.17) is 10.2 Å². The van der Waals surface area contributed by atoms with E-state index in [0.29, 0.717) is 25.8 Å². The molecule has 31 heavy (non-hydrogen) atoms. The van der Waals surface area contributed by atoms with Gasteiger partial charge in [-0.05, 0) is 32.1 Å². The molecule has 0 aromatic rings. The maximum Gasteiger partial charge on any atom is 0.326 e. The van der Waals surface area contributed by atoms with Crippen LogP contribution in [0.2, 0.25) is 0 Å². The number of amides is 3. The Bertz CT molecular complexity index is 597. The zero-order valence-corrected chi connectivity index (χ0v) is 18.0. The Hall–Kier alpha value is -2.85. The molecule has 0 rings (SSSR count). The number of carbonyl (C=O) groups is 5. The van der Waals surface area contributed by atoms with Crippen molar-refractivity contribution in [1.82, 2.24) is 16.0 Å². The van der Waals surface area contributed by atoms with Gasteiger partial charge < -0.3 is 31.3 Å². The number of nitrogens with one attached hydrogen (secondary N) is 3. The second-order valence-corrected chi connectivity index (χ2v) is 7.34. The number of aliphatic carboxylic acids is 3. The predicted octanol–water partition coefficient (Wildman–Crippen LogP) is 1.70. The lowest BCUT2D eigenvalue weighted by molar-refractivity contribution is -0.140. The third kappa shape index (κ3) is 15.6. The first-order valence-corrected chi connectivity index (χ1v) is 10.7.